The number of hydrogen-bond acceptors (Lipinski definition) is 6. The Morgan fingerprint density at radius 3 is 2.45 bits per heavy atom. The zero-order valence-corrected chi connectivity index (χ0v) is 18.3. The van der Waals surface area contributed by atoms with Gasteiger partial charge in [0.05, 0.1) is 11.5 Å². The molecule has 1 aromatic heterocycles. The predicted molar refractivity (Wildman–Crippen MR) is 125 cm³/mol. The molecule has 0 aliphatic carbocycles. The van der Waals surface area contributed by atoms with Crippen molar-refractivity contribution in [3.05, 3.63) is 52.3 Å². The second kappa shape index (κ2) is 8.89. The second-order valence-electron chi connectivity index (χ2n) is 8.47. The first-order chi connectivity index (χ1) is 15.7. The van der Waals surface area contributed by atoms with Crippen LogP contribution in [0, 0.1) is 5.92 Å². The molecule has 4 rings (SSSR count). The number of nitrogens with two attached hydrogens (primary N) is 1. The molecule has 10 heteroatoms. The number of nitrogens with one attached hydrogen (secondary N) is 3. The van der Waals surface area contributed by atoms with Crippen molar-refractivity contribution in [3.63, 3.8) is 0 Å². The van der Waals surface area contributed by atoms with E-state index < -0.39 is 23.3 Å². The fourth-order valence-corrected chi connectivity index (χ4v) is 4.18. The fourth-order valence-electron chi connectivity index (χ4n) is 4.18. The van der Waals surface area contributed by atoms with E-state index >= 15 is 0 Å². The first-order valence-electron chi connectivity index (χ1n) is 10.8. The summed E-state index contributed by atoms with van der Waals surface area (Å²) in [6, 6.07) is 7.16. The molecule has 3 heterocycles. The summed E-state index contributed by atoms with van der Waals surface area (Å²) in [4.78, 5) is 58.6. The Kier molecular flexibility index (Phi) is 5.99. The summed E-state index contributed by atoms with van der Waals surface area (Å²) in [5.74, 6) is -1.99. The Morgan fingerprint density at radius 1 is 1.18 bits per heavy atom. The molecule has 2 aliphatic rings. The van der Waals surface area contributed by atoms with E-state index in [1.807, 2.05) is 24.0 Å². The van der Waals surface area contributed by atoms with Crippen LogP contribution in [0.3, 0.4) is 0 Å². The number of nitrogens with zero attached hydrogens (tertiary/aromatic N) is 2. The number of benzene rings is 1. The van der Waals surface area contributed by atoms with Gasteiger partial charge in [0.2, 0.25) is 23.7 Å². The molecule has 0 saturated carbocycles. The number of hydrogen-bond donors (Lipinski definition) is 4. The van der Waals surface area contributed by atoms with Crippen LogP contribution in [0.25, 0.3) is 5.57 Å². The van der Waals surface area contributed by atoms with Gasteiger partial charge in [0, 0.05) is 31.1 Å². The first kappa shape index (κ1) is 22.3. The summed E-state index contributed by atoms with van der Waals surface area (Å²) in [6.45, 7) is 6.76. The SMILES string of the molecule is C=C(C)c1ccc(NC(=O)C2CC(=O)Nc3nc(N4CCC(C(N)=O)CC4)[nH]c(=O)c32)cc1. The molecule has 1 aromatic carbocycles. The number of H-pyrrole nitrogens is 1. The number of anilines is 3. The van der Waals surface area contributed by atoms with Gasteiger partial charge in [0.25, 0.3) is 5.56 Å². The topological polar surface area (TPSA) is 150 Å². The Bertz CT molecular complexity index is 1180. The minimum atomic E-state index is -0.972. The summed E-state index contributed by atoms with van der Waals surface area (Å²) in [5.41, 5.74) is 7.43. The summed E-state index contributed by atoms with van der Waals surface area (Å²) >= 11 is 0. The molecule has 172 valence electrons. The molecule has 2 aliphatic heterocycles. The van der Waals surface area contributed by atoms with Crippen molar-refractivity contribution in [3.8, 4) is 0 Å². The predicted octanol–water partition coefficient (Wildman–Crippen LogP) is 1.57. The lowest BCUT2D eigenvalue weighted by atomic mass is 9.92. The number of carbonyl (C=O) groups excluding carboxylic acids is 3. The van der Waals surface area contributed by atoms with Gasteiger partial charge in [0.15, 0.2) is 0 Å². The molecule has 1 fully saturated rings. The highest BCUT2D eigenvalue weighted by atomic mass is 16.2. The van der Waals surface area contributed by atoms with E-state index in [1.54, 1.807) is 12.1 Å². The van der Waals surface area contributed by atoms with Crippen molar-refractivity contribution in [2.24, 2.45) is 11.7 Å². The molecule has 1 saturated heterocycles. The zero-order valence-electron chi connectivity index (χ0n) is 18.3. The van der Waals surface area contributed by atoms with E-state index in [1.165, 1.54) is 0 Å². The van der Waals surface area contributed by atoms with Gasteiger partial charge in [-0.05, 0) is 37.5 Å². The number of rotatable bonds is 5. The van der Waals surface area contributed by atoms with Crippen LogP contribution in [0.2, 0.25) is 0 Å². The van der Waals surface area contributed by atoms with Crippen LogP contribution >= 0.6 is 0 Å². The summed E-state index contributed by atoms with van der Waals surface area (Å²) < 4.78 is 0. The average molecular weight is 450 g/mol. The normalized spacial score (nSPS) is 18.3. The van der Waals surface area contributed by atoms with E-state index in [-0.39, 0.29) is 29.6 Å². The molecular formula is C23H26N6O4. The molecule has 0 bridgehead atoms. The highest BCUT2D eigenvalue weighted by Crippen LogP contribution is 2.31. The molecule has 1 atom stereocenters. The third kappa shape index (κ3) is 4.64. The maximum absolute atomic E-state index is 13.0. The van der Waals surface area contributed by atoms with Gasteiger partial charge in [-0.2, -0.15) is 4.98 Å². The van der Waals surface area contributed by atoms with Crippen LogP contribution in [0.4, 0.5) is 17.5 Å². The van der Waals surface area contributed by atoms with Crippen molar-refractivity contribution in [2.75, 3.05) is 28.6 Å². The van der Waals surface area contributed by atoms with Gasteiger partial charge in [-0.25, -0.2) is 0 Å². The van der Waals surface area contributed by atoms with Crippen LogP contribution in [-0.4, -0.2) is 40.8 Å². The van der Waals surface area contributed by atoms with Crippen LogP contribution in [0.5, 0.6) is 0 Å². The molecule has 3 amide bonds. The number of aromatic nitrogens is 2. The van der Waals surface area contributed by atoms with Crippen LogP contribution in [-0.2, 0) is 14.4 Å². The van der Waals surface area contributed by atoms with E-state index in [4.69, 9.17) is 5.73 Å². The van der Waals surface area contributed by atoms with Crippen molar-refractivity contribution in [1.29, 1.82) is 0 Å². The number of primary amides is 1. The number of piperidine rings is 1. The molecule has 0 radical (unpaired) electrons. The number of carbonyl (C=O) groups is 3. The highest BCUT2D eigenvalue weighted by Gasteiger charge is 2.35. The molecular weight excluding hydrogens is 424 g/mol. The lowest BCUT2D eigenvalue weighted by Crippen LogP contribution is -2.41. The van der Waals surface area contributed by atoms with E-state index in [0.717, 1.165) is 11.1 Å². The molecule has 2 aromatic rings. The second-order valence-corrected chi connectivity index (χ2v) is 8.47. The van der Waals surface area contributed by atoms with E-state index in [9.17, 15) is 19.2 Å². The molecule has 5 N–H and O–H groups in total. The van der Waals surface area contributed by atoms with Gasteiger partial charge >= 0.3 is 0 Å². The number of fused-ring (bicyclic) bond motifs is 1. The number of amides is 3. The van der Waals surface area contributed by atoms with Crippen molar-refractivity contribution in [2.45, 2.75) is 32.1 Å². The first-order valence-corrected chi connectivity index (χ1v) is 10.8. The largest absolute Gasteiger partial charge is 0.369 e. The number of allylic oxidation sites excluding steroid dienone is 1. The minimum absolute atomic E-state index is 0.0832. The Hall–Kier alpha value is -3.95. The van der Waals surface area contributed by atoms with Gasteiger partial charge in [-0.15, -0.1) is 0 Å². The summed E-state index contributed by atoms with van der Waals surface area (Å²) in [6.07, 6.45) is 0.951. The highest BCUT2D eigenvalue weighted by molar-refractivity contribution is 6.04. The third-order valence-electron chi connectivity index (χ3n) is 6.10. The number of aromatic amines is 1. The third-order valence-corrected chi connectivity index (χ3v) is 6.10. The van der Waals surface area contributed by atoms with Gasteiger partial charge < -0.3 is 21.3 Å². The van der Waals surface area contributed by atoms with E-state index in [2.05, 4.69) is 27.2 Å². The van der Waals surface area contributed by atoms with Crippen LogP contribution in [0.1, 0.15) is 43.2 Å². The van der Waals surface area contributed by atoms with Crippen LogP contribution < -0.4 is 26.8 Å². The van der Waals surface area contributed by atoms with Gasteiger partial charge in [-0.3, -0.25) is 24.2 Å². The molecule has 33 heavy (non-hydrogen) atoms. The fraction of sp³-hybridized carbons (Fsp3) is 0.348. The Labute approximate surface area is 190 Å². The monoisotopic (exact) mass is 450 g/mol. The molecule has 0 spiro atoms. The zero-order chi connectivity index (χ0) is 23.7. The standard InChI is InChI=1S/C23H26N6O4/c1-12(2)13-3-5-15(6-4-13)25-21(32)16-11-17(30)26-20-18(16)22(33)28-23(27-20)29-9-7-14(8-10-29)19(24)31/h3-6,14,16H,1,7-11H2,2H3,(H2,24,31)(H,25,32)(H2,26,27,28,30,33). The maximum Gasteiger partial charge on any atom is 0.258 e. The van der Waals surface area contributed by atoms with Crippen molar-refractivity contribution >= 4 is 40.7 Å². The van der Waals surface area contributed by atoms with E-state index in [0.29, 0.717) is 37.6 Å². The summed E-state index contributed by atoms with van der Waals surface area (Å²) in [5, 5.41) is 5.39. The quantitative estimate of drug-likeness (QED) is 0.543. The Morgan fingerprint density at radius 2 is 1.85 bits per heavy atom. The molecule has 10 nitrogen and oxygen atoms in total. The maximum atomic E-state index is 13.0. The Balaban J connectivity index is 1.56. The van der Waals surface area contributed by atoms with Gasteiger partial charge in [0.1, 0.15) is 5.82 Å². The summed E-state index contributed by atoms with van der Waals surface area (Å²) in [7, 11) is 0. The average Bonchev–Trinajstić information content (AvgIpc) is 2.78. The minimum Gasteiger partial charge on any atom is -0.369 e. The van der Waals surface area contributed by atoms with Crippen LogP contribution in [0.15, 0.2) is 35.6 Å². The van der Waals surface area contributed by atoms with Crippen molar-refractivity contribution in [1.82, 2.24) is 9.97 Å². The smallest absolute Gasteiger partial charge is 0.258 e. The lowest BCUT2D eigenvalue weighted by Gasteiger charge is -2.32. The van der Waals surface area contributed by atoms with Crippen molar-refractivity contribution < 1.29 is 14.4 Å². The molecule has 1 unspecified atom stereocenters. The van der Waals surface area contributed by atoms with Gasteiger partial charge in [-0.1, -0.05) is 24.3 Å². The lowest BCUT2D eigenvalue weighted by molar-refractivity contribution is -0.123.